The smallest absolute Gasteiger partial charge is 0.227 e. The summed E-state index contributed by atoms with van der Waals surface area (Å²) in [6, 6.07) is 5.89. The predicted octanol–water partition coefficient (Wildman–Crippen LogP) is 2.34. The highest BCUT2D eigenvalue weighted by Crippen LogP contribution is 2.24. The van der Waals surface area contributed by atoms with E-state index in [2.05, 4.69) is 4.98 Å². The van der Waals surface area contributed by atoms with Gasteiger partial charge < -0.3 is 14.6 Å². The molecule has 1 saturated heterocycles. The molecule has 0 aliphatic carbocycles. The van der Waals surface area contributed by atoms with Crippen LogP contribution in [0.2, 0.25) is 0 Å². The van der Waals surface area contributed by atoms with Crippen LogP contribution in [0.4, 0.5) is 0 Å². The van der Waals surface area contributed by atoms with E-state index in [0.29, 0.717) is 6.42 Å². The minimum Gasteiger partial charge on any atom is -0.497 e. The van der Waals surface area contributed by atoms with Gasteiger partial charge >= 0.3 is 0 Å². The fourth-order valence-corrected chi connectivity index (χ4v) is 2.67. The highest BCUT2D eigenvalue weighted by molar-refractivity contribution is 5.89. The average molecular weight is 258 g/mol. The van der Waals surface area contributed by atoms with Gasteiger partial charge in [-0.15, -0.1) is 0 Å². The minimum absolute atomic E-state index is 0.223. The highest BCUT2D eigenvalue weighted by atomic mass is 16.5. The lowest BCUT2D eigenvalue weighted by Gasteiger charge is -2.14. The number of carbonyl (C=O) groups is 1. The molecule has 1 amide bonds. The van der Waals surface area contributed by atoms with Gasteiger partial charge in [0.25, 0.3) is 0 Å². The maximum Gasteiger partial charge on any atom is 0.227 e. The maximum atomic E-state index is 12.2. The van der Waals surface area contributed by atoms with E-state index in [-0.39, 0.29) is 5.91 Å². The maximum absolute atomic E-state index is 12.2. The van der Waals surface area contributed by atoms with Gasteiger partial charge in [0.1, 0.15) is 5.75 Å². The Bertz CT molecular complexity index is 597. The summed E-state index contributed by atoms with van der Waals surface area (Å²) < 4.78 is 5.24. The number of benzene rings is 1. The lowest BCUT2D eigenvalue weighted by atomic mass is 10.1. The number of carbonyl (C=O) groups excluding carboxylic acids is 1. The van der Waals surface area contributed by atoms with Crippen molar-refractivity contribution in [1.82, 2.24) is 9.88 Å². The van der Waals surface area contributed by atoms with E-state index < -0.39 is 0 Å². The van der Waals surface area contributed by atoms with E-state index >= 15 is 0 Å². The molecule has 1 aliphatic heterocycles. The first-order valence-corrected chi connectivity index (χ1v) is 6.70. The molecule has 0 radical (unpaired) electrons. The third-order valence-corrected chi connectivity index (χ3v) is 3.78. The standard InChI is InChI=1S/C15H18N2O2/c1-19-12-4-5-14-13(9-12)11(10-16-14)8-15(18)17-6-2-3-7-17/h4-5,9-10,16H,2-3,6-8H2,1H3. The molecule has 0 spiro atoms. The number of nitrogens with one attached hydrogen (secondary N) is 1. The second kappa shape index (κ2) is 4.96. The predicted molar refractivity (Wildman–Crippen MR) is 74.4 cm³/mol. The van der Waals surface area contributed by atoms with E-state index in [1.807, 2.05) is 29.3 Å². The monoisotopic (exact) mass is 258 g/mol. The van der Waals surface area contributed by atoms with Crippen molar-refractivity contribution in [1.29, 1.82) is 0 Å². The lowest BCUT2D eigenvalue weighted by molar-refractivity contribution is -0.129. The zero-order valence-electron chi connectivity index (χ0n) is 11.1. The molecule has 2 aromatic rings. The number of hydrogen-bond acceptors (Lipinski definition) is 2. The van der Waals surface area contributed by atoms with E-state index in [1.165, 1.54) is 0 Å². The second-order valence-electron chi connectivity index (χ2n) is 4.99. The van der Waals surface area contributed by atoms with Crippen LogP contribution in [0, 0.1) is 0 Å². The molecule has 3 rings (SSSR count). The number of methoxy groups -OCH3 is 1. The van der Waals surface area contributed by atoms with Gasteiger partial charge in [0.15, 0.2) is 0 Å². The molecule has 0 atom stereocenters. The Morgan fingerprint density at radius 1 is 1.37 bits per heavy atom. The number of aromatic amines is 1. The van der Waals surface area contributed by atoms with Crippen LogP contribution in [0.25, 0.3) is 10.9 Å². The Hall–Kier alpha value is -1.97. The number of rotatable bonds is 3. The first kappa shape index (κ1) is 12.1. The first-order valence-electron chi connectivity index (χ1n) is 6.70. The van der Waals surface area contributed by atoms with Gasteiger partial charge in [-0.25, -0.2) is 0 Å². The Morgan fingerprint density at radius 2 is 2.16 bits per heavy atom. The average Bonchev–Trinajstić information content (AvgIpc) is 3.08. The molecular weight excluding hydrogens is 240 g/mol. The normalized spacial score (nSPS) is 15.1. The Labute approximate surface area is 112 Å². The topological polar surface area (TPSA) is 45.3 Å². The van der Waals surface area contributed by atoms with Crippen molar-refractivity contribution in [3.63, 3.8) is 0 Å². The summed E-state index contributed by atoms with van der Waals surface area (Å²) in [5, 5.41) is 1.08. The van der Waals surface area contributed by atoms with Crippen LogP contribution < -0.4 is 4.74 Å². The number of likely N-dealkylation sites (tertiary alicyclic amines) is 1. The molecule has 4 heteroatoms. The number of fused-ring (bicyclic) bond motifs is 1. The number of amides is 1. The molecule has 1 fully saturated rings. The molecule has 1 N–H and O–H groups in total. The summed E-state index contributed by atoms with van der Waals surface area (Å²) in [7, 11) is 1.66. The minimum atomic E-state index is 0.223. The molecule has 0 bridgehead atoms. The summed E-state index contributed by atoms with van der Waals surface area (Å²) in [6.07, 6.45) is 4.66. The van der Waals surface area contributed by atoms with Crippen molar-refractivity contribution < 1.29 is 9.53 Å². The zero-order valence-corrected chi connectivity index (χ0v) is 11.1. The van der Waals surface area contributed by atoms with Crippen molar-refractivity contribution in [3.05, 3.63) is 30.0 Å². The van der Waals surface area contributed by atoms with Gasteiger partial charge in [-0.05, 0) is 36.6 Å². The molecular formula is C15H18N2O2. The SMILES string of the molecule is COc1ccc2[nH]cc(CC(=O)N3CCCC3)c2c1. The molecule has 2 heterocycles. The molecule has 0 unspecified atom stereocenters. The molecule has 100 valence electrons. The van der Waals surface area contributed by atoms with Crippen LogP contribution in [-0.4, -0.2) is 36.0 Å². The van der Waals surface area contributed by atoms with Crippen LogP contribution in [0.15, 0.2) is 24.4 Å². The highest BCUT2D eigenvalue weighted by Gasteiger charge is 2.19. The second-order valence-corrected chi connectivity index (χ2v) is 4.99. The molecule has 4 nitrogen and oxygen atoms in total. The Balaban J connectivity index is 1.85. The van der Waals surface area contributed by atoms with Gasteiger partial charge in [0, 0.05) is 30.2 Å². The third kappa shape index (κ3) is 2.30. The van der Waals surface area contributed by atoms with Gasteiger partial charge in [0.05, 0.1) is 13.5 Å². The Morgan fingerprint density at radius 3 is 2.89 bits per heavy atom. The van der Waals surface area contributed by atoms with Crippen molar-refractivity contribution >= 4 is 16.8 Å². The van der Waals surface area contributed by atoms with Gasteiger partial charge in [-0.3, -0.25) is 4.79 Å². The summed E-state index contributed by atoms with van der Waals surface area (Å²) in [6.45, 7) is 1.81. The molecule has 1 aromatic carbocycles. The van der Waals surface area contributed by atoms with Crippen molar-refractivity contribution in [2.24, 2.45) is 0 Å². The number of H-pyrrole nitrogens is 1. The number of nitrogens with zero attached hydrogens (tertiary/aromatic N) is 1. The summed E-state index contributed by atoms with van der Waals surface area (Å²) in [5.41, 5.74) is 2.09. The van der Waals surface area contributed by atoms with Crippen LogP contribution in [0.1, 0.15) is 18.4 Å². The largest absolute Gasteiger partial charge is 0.497 e. The van der Waals surface area contributed by atoms with E-state index in [4.69, 9.17) is 4.74 Å². The summed E-state index contributed by atoms with van der Waals surface area (Å²) >= 11 is 0. The van der Waals surface area contributed by atoms with Gasteiger partial charge in [0.2, 0.25) is 5.91 Å². The molecule has 0 saturated carbocycles. The summed E-state index contributed by atoms with van der Waals surface area (Å²) in [4.78, 5) is 17.4. The number of aromatic nitrogens is 1. The first-order chi connectivity index (χ1) is 9.28. The summed E-state index contributed by atoms with van der Waals surface area (Å²) in [5.74, 6) is 1.04. The lowest BCUT2D eigenvalue weighted by Crippen LogP contribution is -2.28. The van der Waals surface area contributed by atoms with E-state index in [0.717, 1.165) is 48.1 Å². The number of ether oxygens (including phenoxy) is 1. The van der Waals surface area contributed by atoms with E-state index in [9.17, 15) is 4.79 Å². The quantitative estimate of drug-likeness (QED) is 0.918. The van der Waals surface area contributed by atoms with Gasteiger partial charge in [-0.1, -0.05) is 0 Å². The molecule has 1 aromatic heterocycles. The third-order valence-electron chi connectivity index (χ3n) is 3.78. The molecule has 1 aliphatic rings. The van der Waals surface area contributed by atoms with Crippen LogP contribution in [0.5, 0.6) is 5.75 Å². The van der Waals surface area contributed by atoms with Crippen LogP contribution >= 0.6 is 0 Å². The van der Waals surface area contributed by atoms with Crippen molar-refractivity contribution in [3.8, 4) is 5.75 Å². The molecule has 19 heavy (non-hydrogen) atoms. The number of hydrogen-bond donors (Lipinski definition) is 1. The van der Waals surface area contributed by atoms with Gasteiger partial charge in [-0.2, -0.15) is 0 Å². The van der Waals surface area contributed by atoms with Crippen LogP contribution in [0.3, 0.4) is 0 Å². The Kier molecular flexibility index (Phi) is 3.15. The van der Waals surface area contributed by atoms with Crippen LogP contribution in [-0.2, 0) is 11.2 Å². The van der Waals surface area contributed by atoms with Crippen molar-refractivity contribution in [2.45, 2.75) is 19.3 Å². The fraction of sp³-hybridized carbons (Fsp3) is 0.400. The van der Waals surface area contributed by atoms with E-state index in [1.54, 1.807) is 7.11 Å². The fourth-order valence-electron chi connectivity index (χ4n) is 2.67. The van der Waals surface area contributed by atoms with Crippen molar-refractivity contribution in [2.75, 3.05) is 20.2 Å². The zero-order chi connectivity index (χ0) is 13.2.